The van der Waals surface area contributed by atoms with Gasteiger partial charge < -0.3 is 13.8 Å². The molecule has 0 spiro atoms. The van der Waals surface area contributed by atoms with Gasteiger partial charge in [0, 0.05) is 11.6 Å². The zero-order valence-corrected chi connectivity index (χ0v) is 17.4. The minimum Gasteiger partial charge on any atom is -0.467 e. The van der Waals surface area contributed by atoms with Crippen molar-refractivity contribution in [1.29, 1.82) is 0 Å². The number of imide groups is 1. The van der Waals surface area contributed by atoms with Crippen LogP contribution in [0.5, 0.6) is 0 Å². The van der Waals surface area contributed by atoms with Crippen molar-refractivity contribution in [1.82, 2.24) is 19.9 Å². The van der Waals surface area contributed by atoms with Gasteiger partial charge in [0.1, 0.15) is 12.3 Å². The molecule has 1 aromatic carbocycles. The van der Waals surface area contributed by atoms with E-state index in [1.54, 1.807) is 23.3 Å². The van der Waals surface area contributed by atoms with Gasteiger partial charge in [0.25, 0.3) is 0 Å². The average molecular weight is 420 g/mol. The maximum Gasteiger partial charge on any atom is 0.327 e. The van der Waals surface area contributed by atoms with E-state index in [1.165, 1.54) is 4.90 Å². The van der Waals surface area contributed by atoms with Gasteiger partial charge in [0.15, 0.2) is 0 Å². The Morgan fingerprint density at radius 2 is 1.97 bits per heavy atom. The molecule has 1 aliphatic heterocycles. The number of benzene rings is 1. The quantitative estimate of drug-likeness (QED) is 0.615. The number of fused-ring (bicyclic) bond motifs is 1. The van der Waals surface area contributed by atoms with Gasteiger partial charge in [-0.25, -0.2) is 4.79 Å². The van der Waals surface area contributed by atoms with Crippen LogP contribution in [0.15, 0.2) is 51.6 Å². The first kappa shape index (κ1) is 19.5. The molecule has 2 aliphatic rings. The Labute approximate surface area is 179 Å². The Kier molecular flexibility index (Phi) is 5.05. The second kappa shape index (κ2) is 8.02. The van der Waals surface area contributed by atoms with Crippen molar-refractivity contribution in [2.24, 2.45) is 5.92 Å². The molecule has 31 heavy (non-hydrogen) atoms. The van der Waals surface area contributed by atoms with Crippen LogP contribution in [-0.4, -0.2) is 37.9 Å². The second-order valence-corrected chi connectivity index (χ2v) is 8.25. The van der Waals surface area contributed by atoms with E-state index in [0.29, 0.717) is 17.5 Å². The maximum absolute atomic E-state index is 13.3. The van der Waals surface area contributed by atoms with Crippen LogP contribution in [0, 0.1) is 12.8 Å². The van der Waals surface area contributed by atoms with Crippen molar-refractivity contribution < 1.29 is 18.5 Å². The summed E-state index contributed by atoms with van der Waals surface area (Å²) in [7, 11) is 0. The second-order valence-electron chi connectivity index (χ2n) is 8.25. The van der Waals surface area contributed by atoms with E-state index in [9.17, 15) is 9.59 Å². The van der Waals surface area contributed by atoms with Crippen LogP contribution in [0.25, 0.3) is 11.4 Å². The number of aromatic nitrogens is 2. The SMILES string of the molecule is Cc1cccc(-c2noc(CN3C(=O)N(Cc4ccco4)C(=O)C4CCCCC43)n2)c1. The molecule has 2 unspecified atom stereocenters. The summed E-state index contributed by atoms with van der Waals surface area (Å²) in [5, 5.41) is 4.10. The Balaban J connectivity index is 1.41. The molecule has 2 aromatic heterocycles. The number of carbonyl (C=O) groups excluding carboxylic acids is 2. The van der Waals surface area contributed by atoms with Gasteiger partial charge in [-0.3, -0.25) is 9.69 Å². The highest BCUT2D eigenvalue weighted by molar-refractivity contribution is 5.98. The summed E-state index contributed by atoms with van der Waals surface area (Å²) >= 11 is 0. The van der Waals surface area contributed by atoms with Crippen molar-refractivity contribution in [3.8, 4) is 11.4 Å². The van der Waals surface area contributed by atoms with Crippen LogP contribution < -0.4 is 0 Å². The molecule has 0 radical (unpaired) electrons. The normalized spacial score (nSPS) is 21.5. The predicted molar refractivity (Wildman–Crippen MR) is 110 cm³/mol. The van der Waals surface area contributed by atoms with Crippen LogP contribution in [0.2, 0.25) is 0 Å². The third-order valence-corrected chi connectivity index (χ3v) is 6.13. The standard InChI is InChI=1S/C23H24N4O4/c1-15-6-4-7-16(12-15)21-24-20(31-25-21)14-26-19-10-3-2-9-18(19)22(28)27(23(26)29)13-17-8-5-11-30-17/h4-8,11-12,18-19H,2-3,9-10,13-14H2,1H3. The number of urea groups is 1. The van der Waals surface area contributed by atoms with Crippen molar-refractivity contribution in [2.75, 3.05) is 0 Å². The molecule has 8 heteroatoms. The summed E-state index contributed by atoms with van der Waals surface area (Å²) in [6, 6.07) is 10.9. The van der Waals surface area contributed by atoms with E-state index in [0.717, 1.165) is 36.8 Å². The molecule has 1 aliphatic carbocycles. The summed E-state index contributed by atoms with van der Waals surface area (Å²) in [6.07, 6.45) is 5.10. The van der Waals surface area contributed by atoms with Crippen LogP contribution >= 0.6 is 0 Å². The first-order valence-electron chi connectivity index (χ1n) is 10.6. The number of aryl methyl sites for hydroxylation is 1. The van der Waals surface area contributed by atoms with Crippen molar-refractivity contribution in [2.45, 2.75) is 51.7 Å². The number of hydrogen-bond donors (Lipinski definition) is 0. The zero-order valence-electron chi connectivity index (χ0n) is 17.4. The molecule has 3 heterocycles. The summed E-state index contributed by atoms with van der Waals surface area (Å²) in [6.45, 7) is 2.31. The molecule has 3 amide bonds. The van der Waals surface area contributed by atoms with E-state index < -0.39 is 0 Å². The Morgan fingerprint density at radius 3 is 2.77 bits per heavy atom. The van der Waals surface area contributed by atoms with Crippen LogP contribution in [0.3, 0.4) is 0 Å². The van der Waals surface area contributed by atoms with Gasteiger partial charge in [-0.1, -0.05) is 41.8 Å². The topological polar surface area (TPSA) is 92.7 Å². The zero-order chi connectivity index (χ0) is 21.4. The van der Waals surface area contributed by atoms with E-state index >= 15 is 0 Å². The molecule has 160 valence electrons. The van der Waals surface area contributed by atoms with Crippen LogP contribution in [0.1, 0.15) is 42.9 Å². The van der Waals surface area contributed by atoms with Crippen molar-refractivity contribution >= 4 is 11.9 Å². The Morgan fingerprint density at radius 1 is 1.10 bits per heavy atom. The van der Waals surface area contributed by atoms with Crippen LogP contribution in [0.4, 0.5) is 4.79 Å². The van der Waals surface area contributed by atoms with E-state index in [1.807, 2.05) is 31.2 Å². The van der Waals surface area contributed by atoms with Crippen molar-refractivity contribution in [3.05, 3.63) is 59.9 Å². The summed E-state index contributed by atoms with van der Waals surface area (Å²) < 4.78 is 10.9. The first-order valence-corrected chi connectivity index (χ1v) is 10.6. The van der Waals surface area contributed by atoms with Gasteiger partial charge >= 0.3 is 6.03 Å². The molecular formula is C23H24N4O4. The van der Waals surface area contributed by atoms with Gasteiger partial charge in [-0.05, 0) is 38.0 Å². The third kappa shape index (κ3) is 3.73. The lowest BCUT2D eigenvalue weighted by atomic mass is 9.81. The molecule has 2 atom stereocenters. The number of hydrogen-bond acceptors (Lipinski definition) is 6. The van der Waals surface area contributed by atoms with Gasteiger partial charge in [-0.2, -0.15) is 4.98 Å². The fraction of sp³-hybridized carbons (Fsp3) is 0.391. The molecule has 1 saturated carbocycles. The minimum absolute atomic E-state index is 0.117. The predicted octanol–water partition coefficient (Wildman–Crippen LogP) is 4.16. The highest BCUT2D eigenvalue weighted by Gasteiger charge is 2.47. The van der Waals surface area contributed by atoms with Gasteiger partial charge in [-0.15, -0.1) is 0 Å². The molecule has 1 saturated heterocycles. The molecule has 8 nitrogen and oxygen atoms in total. The van der Waals surface area contributed by atoms with Gasteiger partial charge in [0.2, 0.25) is 17.6 Å². The average Bonchev–Trinajstić information content (AvgIpc) is 3.46. The van der Waals surface area contributed by atoms with Crippen molar-refractivity contribution in [3.63, 3.8) is 0 Å². The van der Waals surface area contributed by atoms with E-state index in [4.69, 9.17) is 8.94 Å². The fourth-order valence-electron chi connectivity index (χ4n) is 4.62. The number of carbonyl (C=O) groups is 2. The minimum atomic E-state index is -0.333. The largest absolute Gasteiger partial charge is 0.467 e. The molecular weight excluding hydrogens is 396 g/mol. The smallest absolute Gasteiger partial charge is 0.327 e. The highest BCUT2D eigenvalue weighted by Crippen LogP contribution is 2.36. The highest BCUT2D eigenvalue weighted by atomic mass is 16.5. The fourth-order valence-corrected chi connectivity index (χ4v) is 4.62. The molecule has 5 rings (SSSR count). The van der Waals surface area contributed by atoms with Gasteiger partial charge in [0.05, 0.1) is 18.7 Å². The molecule has 2 fully saturated rings. The van der Waals surface area contributed by atoms with E-state index in [2.05, 4.69) is 10.1 Å². The molecule has 0 N–H and O–H groups in total. The number of furan rings is 1. The summed E-state index contributed by atoms with van der Waals surface area (Å²) in [5.74, 6) is 1.11. The lowest BCUT2D eigenvalue weighted by Crippen LogP contribution is -2.61. The van der Waals surface area contributed by atoms with E-state index in [-0.39, 0.29) is 37.0 Å². The lowest BCUT2D eigenvalue weighted by Gasteiger charge is -2.46. The number of rotatable bonds is 5. The third-order valence-electron chi connectivity index (χ3n) is 6.13. The summed E-state index contributed by atoms with van der Waals surface area (Å²) in [4.78, 5) is 34.0. The number of amides is 3. The Bertz CT molecular complexity index is 1090. The first-order chi connectivity index (χ1) is 15.1. The lowest BCUT2D eigenvalue weighted by molar-refractivity contribution is -0.141. The Hall–Kier alpha value is -3.42. The summed E-state index contributed by atoms with van der Waals surface area (Å²) in [5.41, 5.74) is 1.97. The monoisotopic (exact) mass is 420 g/mol. The van der Waals surface area contributed by atoms with Crippen LogP contribution in [-0.2, 0) is 17.9 Å². The molecule has 3 aromatic rings. The molecule has 0 bridgehead atoms. The maximum atomic E-state index is 13.3. The number of nitrogens with zero attached hydrogens (tertiary/aromatic N) is 4.